The van der Waals surface area contributed by atoms with Crippen LogP contribution in [0.1, 0.15) is 25.3 Å². The van der Waals surface area contributed by atoms with Gasteiger partial charge in [-0.25, -0.2) is 0 Å². The number of nitro groups is 1. The van der Waals surface area contributed by atoms with E-state index < -0.39 is 15.1 Å². The number of nitro benzene ring substituents is 1. The van der Waals surface area contributed by atoms with Crippen LogP contribution >= 0.6 is 0 Å². The molecule has 1 aliphatic rings. The zero-order chi connectivity index (χ0) is 15.6. The summed E-state index contributed by atoms with van der Waals surface area (Å²) in [6.45, 7) is 2.37. The fourth-order valence-electron chi connectivity index (χ4n) is 2.60. The summed E-state index contributed by atoms with van der Waals surface area (Å²) in [5.74, 6) is 0. The molecule has 1 unspecified atom stereocenters. The quantitative estimate of drug-likeness (QED) is 0.626. The number of rotatable bonds is 4. The van der Waals surface area contributed by atoms with E-state index in [9.17, 15) is 18.5 Å². The summed E-state index contributed by atoms with van der Waals surface area (Å²) in [7, 11) is -2.00. The number of para-hydroxylation sites is 1. The van der Waals surface area contributed by atoms with E-state index in [2.05, 4.69) is 0 Å². The van der Waals surface area contributed by atoms with Crippen molar-refractivity contribution in [2.75, 3.05) is 13.6 Å². The van der Waals surface area contributed by atoms with Gasteiger partial charge in [-0.3, -0.25) is 10.1 Å². The minimum Gasteiger partial charge on any atom is -0.258 e. The Hall–Kier alpha value is -1.51. The zero-order valence-electron chi connectivity index (χ0n) is 12.1. The van der Waals surface area contributed by atoms with Crippen molar-refractivity contribution in [2.24, 2.45) is 0 Å². The second kappa shape index (κ2) is 6.08. The maximum absolute atomic E-state index is 12.4. The molecule has 8 heteroatoms. The molecule has 0 radical (unpaired) electrons. The van der Waals surface area contributed by atoms with Gasteiger partial charge >= 0.3 is 0 Å². The lowest BCUT2D eigenvalue weighted by atomic mass is 10.1. The third kappa shape index (κ3) is 3.07. The molecule has 0 aromatic heterocycles. The molecule has 1 aliphatic heterocycles. The summed E-state index contributed by atoms with van der Waals surface area (Å²) in [6.07, 6.45) is 1.49. The summed E-state index contributed by atoms with van der Waals surface area (Å²) < 4.78 is 27.6. The molecule has 1 atom stereocenters. The van der Waals surface area contributed by atoms with Crippen molar-refractivity contribution in [2.45, 2.75) is 32.4 Å². The number of benzene rings is 1. The molecule has 1 aromatic rings. The van der Waals surface area contributed by atoms with E-state index >= 15 is 0 Å². The maximum atomic E-state index is 12.4. The molecule has 0 aliphatic carbocycles. The summed E-state index contributed by atoms with van der Waals surface area (Å²) in [6, 6.07) is 6.24. The van der Waals surface area contributed by atoms with Crippen molar-refractivity contribution in [3.8, 4) is 0 Å². The molecule has 116 valence electrons. The molecule has 1 fully saturated rings. The van der Waals surface area contributed by atoms with Gasteiger partial charge in [-0.05, 0) is 12.8 Å². The molecule has 7 nitrogen and oxygen atoms in total. The van der Waals surface area contributed by atoms with Gasteiger partial charge in [0.2, 0.25) is 0 Å². The van der Waals surface area contributed by atoms with E-state index in [-0.39, 0.29) is 18.3 Å². The van der Waals surface area contributed by atoms with Crippen LogP contribution in [0.2, 0.25) is 0 Å². The van der Waals surface area contributed by atoms with Crippen molar-refractivity contribution in [1.82, 2.24) is 8.61 Å². The topological polar surface area (TPSA) is 83.8 Å². The zero-order valence-corrected chi connectivity index (χ0v) is 12.9. The van der Waals surface area contributed by atoms with E-state index in [1.54, 1.807) is 25.2 Å². The van der Waals surface area contributed by atoms with Crippen molar-refractivity contribution < 1.29 is 13.3 Å². The smallest absolute Gasteiger partial charge is 0.258 e. The van der Waals surface area contributed by atoms with E-state index in [4.69, 9.17) is 0 Å². The van der Waals surface area contributed by atoms with Gasteiger partial charge in [0.15, 0.2) is 0 Å². The first-order valence-corrected chi connectivity index (χ1v) is 8.23. The van der Waals surface area contributed by atoms with Crippen LogP contribution in [0.5, 0.6) is 0 Å². The van der Waals surface area contributed by atoms with Crippen LogP contribution in [0.3, 0.4) is 0 Å². The molecule has 1 aromatic carbocycles. The monoisotopic (exact) mass is 313 g/mol. The second-order valence-electron chi connectivity index (χ2n) is 5.09. The minimum absolute atomic E-state index is 0.00277. The summed E-state index contributed by atoms with van der Waals surface area (Å²) in [4.78, 5) is 10.5. The van der Waals surface area contributed by atoms with Crippen LogP contribution in [0.25, 0.3) is 0 Å². The van der Waals surface area contributed by atoms with Gasteiger partial charge < -0.3 is 0 Å². The average Bonchev–Trinajstić information content (AvgIpc) is 2.45. The fourth-order valence-corrected chi connectivity index (χ4v) is 4.23. The van der Waals surface area contributed by atoms with E-state index in [0.717, 1.165) is 12.8 Å². The Morgan fingerprint density at radius 2 is 2.05 bits per heavy atom. The Bertz CT molecular complexity index is 632. The lowest BCUT2D eigenvalue weighted by molar-refractivity contribution is -0.385. The van der Waals surface area contributed by atoms with Gasteiger partial charge in [-0.1, -0.05) is 25.1 Å². The SMILES string of the molecule is CCC1CCN(Cc2ccccc2[N+](=O)[O-])S(=O)(=O)N1C. The van der Waals surface area contributed by atoms with Crippen LogP contribution < -0.4 is 0 Å². The molecule has 2 rings (SSSR count). The van der Waals surface area contributed by atoms with Gasteiger partial charge in [0.25, 0.3) is 15.9 Å². The first-order chi connectivity index (χ1) is 9.87. The molecule has 0 amide bonds. The predicted molar refractivity (Wildman–Crippen MR) is 78.9 cm³/mol. The molecule has 0 spiro atoms. The molecule has 0 saturated carbocycles. The fraction of sp³-hybridized carbons (Fsp3) is 0.538. The highest BCUT2D eigenvalue weighted by Gasteiger charge is 2.37. The third-order valence-corrected chi connectivity index (χ3v) is 5.91. The van der Waals surface area contributed by atoms with Gasteiger partial charge in [0.1, 0.15) is 0 Å². The summed E-state index contributed by atoms with van der Waals surface area (Å²) in [5.41, 5.74) is 0.363. The molecule has 0 N–H and O–H groups in total. The molecule has 21 heavy (non-hydrogen) atoms. The first kappa shape index (κ1) is 15.9. The molecular weight excluding hydrogens is 294 g/mol. The highest BCUT2D eigenvalue weighted by Crippen LogP contribution is 2.26. The lowest BCUT2D eigenvalue weighted by Crippen LogP contribution is -2.52. The Labute approximate surface area is 124 Å². The van der Waals surface area contributed by atoms with Crippen LogP contribution in [-0.4, -0.2) is 41.6 Å². The average molecular weight is 313 g/mol. The van der Waals surface area contributed by atoms with E-state index in [1.807, 2.05) is 6.92 Å². The van der Waals surface area contributed by atoms with Crippen molar-refractivity contribution in [3.63, 3.8) is 0 Å². The van der Waals surface area contributed by atoms with Gasteiger partial charge in [-0.2, -0.15) is 17.0 Å². The maximum Gasteiger partial charge on any atom is 0.282 e. The number of hydrogen-bond acceptors (Lipinski definition) is 4. The molecular formula is C13H19N3O4S. The lowest BCUT2D eigenvalue weighted by Gasteiger charge is -2.38. The highest BCUT2D eigenvalue weighted by atomic mass is 32.2. The normalized spacial score (nSPS) is 23.0. The Morgan fingerprint density at radius 3 is 2.67 bits per heavy atom. The van der Waals surface area contributed by atoms with Crippen molar-refractivity contribution in [3.05, 3.63) is 39.9 Å². The van der Waals surface area contributed by atoms with Crippen LogP contribution in [0.15, 0.2) is 24.3 Å². The molecule has 1 heterocycles. The Balaban J connectivity index is 2.27. The van der Waals surface area contributed by atoms with Crippen molar-refractivity contribution >= 4 is 15.9 Å². The predicted octanol–water partition coefficient (Wildman–Crippen LogP) is 1.76. The number of hydrogen-bond donors (Lipinski definition) is 0. The van der Waals surface area contributed by atoms with Crippen LogP contribution in [-0.2, 0) is 16.8 Å². The summed E-state index contributed by atoms with van der Waals surface area (Å²) >= 11 is 0. The molecule has 1 saturated heterocycles. The van der Waals surface area contributed by atoms with Gasteiger partial charge in [0.05, 0.1) is 4.92 Å². The van der Waals surface area contributed by atoms with Crippen LogP contribution in [0.4, 0.5) is 5.69 Å². The summed E-state index contributed by atoms with van der Waals surface area (Å²) in [5, 5.41) is 11.0. The molecule has 0 bridgehead atoms. The largest absolute Gasteiger partial charge is 0.282 e. The third-order valence-electron chi connectivity index (χ3n) is 3.92. The Kier molecular flexibility index (Phi) is 4.60. The van der Waals surface area contributed by atoms with E-state index in [1.165, 1.54) is 14.7 Å². The second-order valence-corrected chi connectivity index (χ2v) is 7.08. The first-order valence-electron chi connectivity index (χ1n) is 6.83. The number of nitrogens with zero attached hydrogens (tertiary/aromatic N) is 3. The van der Waals surface area contributed by atoms with Crippen LogP contribution in [0, 0.1) is 10.1 Å². The van der Waals surface area contributed by atoms with Gasteiger partial charge in [-0.15, -0.1) is 0 Å². The Morgan fingerprint density at radius 1 is 1.38 bits per heavy atom. The van der Waals surface area contributed by atoms with Gasteiger partial charge in [0, 0.05) is 37.8 Å². The van der Waals surface area contributed by atoms with E-state index in [0.29, 0.717) is 12.1 Å². The minimum atomic E-state index is -3.56. The highest BCUT2D eigenvalue weighted by molar-refractivity contribution is 7.86. The van der Waals surface area contributed by atoms with Crippen molar-refractivity contribution in [1.29, 1.82) is 0 Å². The standard InChI is InChI=1S/C13H19N3O4S/c1-3-12-8-9-15(21(19,20)14(12)2)10-11-6-4-5-7-13(11)16(17)18/h4-7,12H,3,8-10H2,1-2H3.